The third-order valence-corrected chi connectivity index (χ3v) is 5.47. The predicted molar refractivity (Wildman–Crippen MR) is 100 cm³/mol. The summed E-state index contributed by atoms with van der Waals surface area (Å²) < 4.78 is 0. The number of benzene rings is 1. The Balaban J connectivity index is 1.39. The lowest BCUT2D eigenvalue weighted by Gasteiger charge is -2.32. The standard InChI is InChI=1S/C20H27N3O4/c24-18(22-9-1-2-10-22)13-15-7-11-23(12-8-15)20(27)21-14-16-3-5-17(6-4-16)19(25)26/h3-6,15H,1-2,7-14H2,(H,21,27)(H,25,26). The third kappa shape index (κ3) is 5.21. The maximum Gasteiger partial charge on any atom is 0.335 e. The van der Waals surface area contributed by atoms with E-state index < -0.39 is 5.97 Å². The van der Waals surface area contributed by atoms with Crippen LogP contribution in [0, 0.1) is 5.92 Å². The predicted octanol–water partition coefficient (Wildman–Crippen LogP) is 2.32. The number of piperidine rings is 1. The van der Waals surface area contributed by atoms with E-state index in [0.717, 1.165) is 44.3 Å². The smallest absolute Gasteiger partial charge is 0.335 e. The topological polar surface area (TPSA) is 90.0 Å². The maximum absolute atomic E-state index is 12.3. The van der Waals surface area contributed by atoms with Crippen LogP contribution in [0.15, 0.2) is 24.3 Å². The lowest BCUT2D eigenvalue weighted by atomic mass is 9.93. The fourth-order valence-corrected chi connectivity index (χ4v) is 3.74. The Hall–Kier alpha value is -2.57. The Morgan fingerprint density at radius 2 is 1.59 bits per heavy atom. The number of aromatic carboxylic acids is 1. The molecule has 0 bridgehead atoms. The molecule has 0 saturated carbocycles. The summed E-state index contributed by atoms with van der Waals surface area (Å²) in [7, 11) is 0. The molecule has 2 N–H and O–H groups in total. The molecule has 7 heteroatoms. The van der Waals surface area contributed by atoms with Crippen molar-refractivity contribution in [1.29, 1.82) is 0 Å². The van der Waals surface area contributed by atoms with E-state index in [9.17, 15) is 14.4 Å². The Kier molecular flexibility index (Phi) is 6.32. The normalized spacial score (nSPS) is 17.8. The van der Waals surface area contributed by atoms with Gasteiger partial charge < -0.3 is 20.2 Å². The van der Waals surface area contributed by atoms with Gasteiger partial charge in [0.05, 0.1) is 5.56 Å². The Labute approximate surface area is 159 Å². The number of urea groups is 1. The molecule has 7 nitrogen and oxygen atoms in total. The van der Waals surface area contributed by atoms with E-state index in [1.165, 1.54) is 12.1 Å². The number of carbonyl (C=O) groups excluding carboxylic acids is 2. The molecule has 0 spiro atoms. The number of carboxylic acid groups (broad SMARTS) is 1. The van der Waals surface area contributed by atoms with Gasteiger partial charge in [0, 0.05) is 39.1 Å². The highest BCUT2D eigenvalue weighted by atomic mass is 16.4. The monoisotopic (exact) mass is 373 g/mol. The van der Waals surface area contributed by atoms with Crippen molar-refractivity contribution in [3.8, 4) is 0 Å². The fourth-order valence-electron chi connectivity index (χ4n) is 3.74. The molecule has 0 aromatic heterocycles. The van der Waals surface area contributed by atoms with Crippen molar-refractivity contribution in [1.82, 2.24) is 15.1 Å². The first-order valence-electron chi connectivity index (χ1n) is 9.65. The van der Waals surface area contributed by atoms with Gasteiger partial charge in [-0.05, 0) is 49.3 Å². The first-order valence-corrected chi connectivity index (χ1v) is 9.65. The van der Waals surface area contributed by atoms with E-state index in [1.807, 2.05) is 4.90 Å². The molecule has 0 atom stereocenters. The summed E-state index contributed by atoms with van der Waals surface area (Å²) in [6, 6.07) is 6.38. The minimum atomic E-state index is -0.961. The average molecular weight is 373 g/mol. The maximum atomic E-state index is 12.3. The van der Waals surface area contributed by atoms with Crippen LogP contribution in [0.1, 0.15) is 48.0 Å². The first-order chi connectivity index (χ1) is 13.0. The second-order valence-electron chi connectivity index (χ2n) is 7.38. The van der Waals surface area contributed by atoms with Crippen LogP contribution in [0.25, 0.3) is 0 Å². The van der Waals surface area contributed by atoms with Crippen LogP contribution in [-0.2, 0) is 11.3 Å². The summed E-state index contributed by atoms with van der Waals surface area (Å²) in [5.74, 6) is -0.331. The SMILES string of the molecule is O=C(O)c1ccc(CNC(=O)N2CCC(CC(=O)N3CCCC3)CC2)cc1. The molecule has 0 radical (unpaired) electrons. The summed E-state index contributed by atoms with van der Waals surface area (Å²) in [6.07, 6.45) is 4.55. The molecule has 1 aromatic rings. The summed E-state index contributed by atoms with van der Waals surface area (Å²) in [5.41, 5.74) is 1.09. The van der Waals surface area contributed by atoms with Gasteiger partial charge in [0.1, 0.15) is 0 Å². The quantitative estimate of drug-likeness (QED) is 0.829. The van der Waals surface area contributed by atoms with Gasteiger partial charge in [0.2, 0.25) is 5.91 Å². The molecule has 3 amide bonds. The second-order valence-corrected chi connectivity index (χ2v) is 7.38. The van der Waals surface area contributed by atoms with Crippen molar-refractivity contribution in [2.45, 2.75) is 38.6 Å². The third-order valence-electron chi connectivity index (χ3n) is 5.47. The van der Waals surface area contributed by atoms with E-state index in [-0.39, 0.29) is 17.5 Å². The highest BCUT2D eigenvalue weighted by Crippen LogP contribution is 2.22. The molecule has 27 heavy (non-hydrogen) atoms. The lowest BCUT2D eigenvalue weighted by Crippen LogP contribution is -2.44. The van der Waals surface area contributed by atoms with Crippen LogP contribution in [0.4, 0.5) is 4.79 Å². The summed E-state index contributed by atoms with van der Waals surface area (Å²) in [6.45, 7) is 3.50. The zero-order valence-electron chi connectivity index (χ0n) is 15.5. The molecule has 3 rings (SSSR count). The van der Waals surface area contributed by atoms with E-state index in [0.29, 0.717) is 32.0 Å². The van der Waals surface area contributed by atoms with E-state index in [2.05, 4.69) is 5.32 Å². The average Bonchev–Trinajstić information content (AvgIpc) is 3.22. The van der Waals surface area contributed by atoms with Crippen molar-refractivity contribution in [3.63, 3.8) is 0 Å². The molecular weight excluding hydrogens is 346 g/mol. The van der Waals surface area contributed by atoms with Gasteiger partial charge in [-0.15, -0.1) is 0 Å². The number of hydrogen-bond acceptors (Lipinski definition) is 3. The fraction of sp³-hybridized carbons (Fsp3) is 0.550. The van der Waals surface area contributed by atoms with Gasteiger partial charge in [0.25, 0.3) is 0 Å². The van der Waals surface area contributed by atoms with Crippen molar-refractivity contribution in [2.24, 2.45) is 5.92 Å². The molecule has 1 aromatic carbocycles. The Morgan fingerprint density at radius 1 is 0.963 bits per heavy atom. The van der Waals surface area contributed by atoms with Gasteiger partial charge >= 0.3 is 12.0 Å². The van der Waals surface area contributed by atoms with Crippen molar-refractivity contribution < 1.29 is 19.5 Å². The molecule has 2 aliphatic heterocycles. The number of carboxylic acids is 1. The number of nitrogens with one attached hydrogen (secondary N) is 1. The number of nitrogens with zero attached hydrogens (tertiary/aromatic N) is 2. The Morgan fingerprint density at radius 3 is 2.19 bits per heavy atom. The minimum Gasteiger partial charge on any atom is -0.478 e. The van der Waals surface area contributed by atoms with Crippen LogP contribution in [0.3, 0.4) is 0 Å². The number of carbonyl (C=O) groups is 3. The van der Waals surface area contributed by atoms with Crippen molar-refractivity contribution in [2.75, 3.05) is 26.2 Å². The van der Waals surface area contributed by atoms with E-state index >= 15 is 0 Å². The summed E-state index contributed by atoms with van der Waals surface area (Å²) in [4.78, 5) is 39.2. The number of amides is 3. The van der Waals surface area contributed by atoms with Crippen molar-refractivity contribution >= 4 is 17.9 Å². The number of rotatable bonds is 5. The zero-order valence-corrected chi connectivity index (χ0v) is 15.5. The molecule has 2 heterocycles. The summed E-state index contributed by atoms with van der Waals surface area (Å²) >= 11 is 0. The van der Waals surface area contributed by atoms with Gasteiger partial charge in [-0.1, -0.05) is 12.1 Å². The minimum absolute atomic E-state index is 0.110. The molecule has 0 aliphatic carbocycles. The van der Waals surface area contributed by atoms with Gasteiger partial charge in [-0.25, -0.2) is 9.59 Å². The molecule has 146 valence electrons. The van der Waals surface area contributed by atoms with Crippen LogP contribution in [0.2, 0.25) is 0 Å². The molecular formula is C20H27N3O4. The Bertz CT molecular complexity index is 675. The van der Waals surface area contributed by atoms with Crippen LogP contribution in [-0.4, -0.2) is 59.0 Å². The molecule has 2 fully saturated rings. The largest absolute Gasteiger partial charge is 0.478 e. The summed E-state index contributed by atoms with van der Waals surface area (Å²) in [5, 5.41) is 11.8. The van der Waals surface area contributed by atoms with Gasteiger partial charge in [-0.3, -0.25) is 4.79 Å². The van der Waals surface area contributed by atoms with Crippen molar-refractivity contribution in [3.05, 3.63) is 35.4 Å². The second kappa shape index (κ2) is 8.88. The highest BCUT2D eigenvalue weighted by Gasteiger charge is 2.26. The highest BCUT2D eigenvalue weighted by molar-refractivity contribution is 5.87. The zero-order chi connectivity index (χ0) is 19.2. The molecule has 0 unspecified atom stereocenters. The van der Waals surface area contributed by atoms with E-state index in [4.69, 9.17) is 5.11 Å². The van der Waals surface area contributed by atoms with Crippen LogP contribution in [0.5, 0.6) is 0 Å². The molecule has 2 aliphatic rings. The van der Waals surface area contributed by atoms with Crippen LogP contribution < -0.4 is 5.32 Å². The number of likely N-dealkylation sites (tertiary alicyclic amines) is 2. The van der Waals surface area contributed by atoms with E-state index in [1.54, 1.807) is 17.0 Å². The van der Waals surface area contributed by atoms with Crippen LogP contribution >= 0.6 is 0 Å². The molecule has 2 saturated heterocycles. The van der Waals surface area contributed by atoms with Gasteiger partial charge in [-0.2, -0.15) is 0 Å². The first kappa shape index (κ1) is 19.2. The lowest BCUT2D eigenvalue weighted by molar-refractivity contribution is -0.131. The van der Waals surface area contributed by atoms with Gasteiger partial charge in [0.15, 0.2) is 0 Å². The number of hydrogen-bond donors (Lipinski definition) is 2.